The van der Waals surface area contributed by atoms with E-state index in [2.05, 4.69) is 15.4 Å². The Morgan fingerprint density at radius 3 is 2.90 bits per heavy atom. The zero-order valence-electron chi connectivity index (χ0n) is 10.9. The van der Waals surface area contributed by atoms with E-state index in [1.54, 1.807) is 18.1 Å². The second kappa shape index (κ2) is 6.20. The summed E-state index contributed by atoms with van der Waals surface area (Å²) in [6, 6.07) is 3.54. The first-order chi connectivity index (χ1) is 9.54. The van der Waals surface area contributed by atoms with Gasteiger partial charge in [-0.3, -0.25) is 14.8 Å². The highest BCUT2D eigenvalue weighted by atomic mass is 19.1. The molecule has 106 valence electrons. The fourth-order valence-electron chi connectivity index (χ4n) is 1.77. The second-order valence-corrected chi connectivity index (χ2v) is 4.34. The van der Waals surface area contributed by atoms with Crippen molar-refractivity contribution in [2.45, 2.75) is 13.0 Å². The number of nitrogens with zero attached hydrogens (tertiary/aromatic N) is 4. The molecule has 2 aromatic rings. The molecule has 0 saturated carbocycles. The molecule has 0 spiro atoms. The van der Waals surface area contributed by atoms with Gasteiger partial charge < -0.3 is 5.32 Å². The lowest BCUT2D eigenvalue weighted by atomic mass is 10.2. The maximum absolute atomic E-state index is 13.2. The van der Waals surface area contributed by atoms with Gasteiger partial charge in [0.2, 0.25) is 0 Å². The SMILES string of the molecule is Cn1cnc(CCNCc2cc(F)cc([N+](=O)[O-])c2)n1. The van der Waals surface area contributed by atoms with E-state index < -0.39 is 10.7 Å². The number of hydrogen-bond acceptors (Lipinski definition) is 5. The summed E-state index contributed by atoms with van der Waals surface area (Å²) in [5.41, 5.74) is 0.291. The lowest BCUT2D eigenvalue weighted by molar-refractivity contribution is -0.385. The van der Waals surface area contributed by atoms with Gasteiger partial charge in [0.1, 0.15) is 12.1 Å². The van der Waals surface area contributed by atoms with Crippen molar-refractivity contribution in [1.29, 1.82) is 0 Å². The van der Waals surface area contributed by atoms with Crippen LogP contribution in [0.25, 0.3) is 0 Å². The molecule has 7 nitrogen and oxygen atoms in total. The fourth-order valence-corrected chi connectivity index (χ4v) is 1.77. The van der Waals surface area contributed by atoms with E-state index in [0.717, 1.165) is 6.07 Å². The summed E-state index contributed by atoms with van der Waals surface area (Å²) in [6.45, 7) is 0.958. The summed E-state index contributed by atoms with van der Waals surface area (Å²) in [7, 11) is 1.79. The number of non-ortho nitro benzene ring substituents is 1. The van der Waals surface area contributed by atoms with Crippen LogP contribution in [0.15, 0.2) is 24.5 Å². The van der Waals surface area contributed by atoms with E-state index in [9.17, 15) is 14.5 Å². The molecule has 0 aliphatic carbocycles. The summed E-state index contributed by atoms with van der Waals surface area (Å²) in [6.07, 6.45) is 2.25. The summed E-state index contributed by atoms with van der Waals surface area (Å²) >= 11 is 0. The molecule has 0 atom stereocenters. The molecule has 1 aromatic carbocycles. The van der Waals surface area contributed by atoms with Crippen LogP contribution in [-0.4, -0.2) is 26.2 Å². The lowest BCUT2D eigenvalue weighted by Gasteiger charge is -2.04. The Labute approximate surface area is 114 Å². The van der Waals surface area contributed by atoms with Gasteiger partial charge in [-0.1, -0.05) is 0 Å². The lowest BCUT2D eigenvalue weighted by Crippen LogP contribution is -2.17. The number of nitro benzene ring substituents is 1. The Morgan fingerprint density at radius 1 is 1.45 bits per heavy atom. The van der Waals surface area contributed by atoms with Crippen molar-refractivity contribution in [3.63, 3.8) is 0 Å². The predicted octanol–water partition coefficient (Wildman–Crippen LogP) is 1.19. The van der Waals surface area contributed by atoms with E-state index in [0.29, 0.717) is 30.9 Å². The Kier molecular flexibility index (Phi) is 4.36. The molecule has 0 unspecified atom stereocenters. The quantitative estimate of drug-likeness (QED) is 0.487. The van der Waals surface area contributed by atoms with Crippen molar-refractivity contribution in [2.24, 2.45) is 7.05 Å². The normalized spacial score (nSPS) is 10.7. The highest BCUT2D eigenvalue weighted by molar-refractivity contribution is 5.35. The van der Waals surface area contributed by atoms with Crippen molar-refractivity contribution >= 4 is 5.69 Å². The molecule has 0 aliphatic rings. The van der Waals surface area contributed by atoms with Crippen LogP contribution in [0, 0.1) is 15.9 Å². The van der Waals surface area contributed by atoms with Gasteiger partial charge in [-0.15, -0.1) is 0 Å². The zero-order chi connectivity index (χ0) is 14.5. The number of halogens is 1. The minimum Gasteiger partial charge on any atom is -0.312 e. The average Bonchev–Trinajstić information content (AvgIpc) is 2.80. The monoisotopic (exact) mass is 279 g/mol. The van der Waals surface area contributed by atoms with Crippen LogP contribution in [0.3, 0.4) is 0 Å². The minimum atomic E-state index is -0.609. The summed E-state index contributed by atoms with van der Waals surface area (Å²) in [5.74, 6) is 0.104. The molecule has 0 radical (unpaired) electrons. The van der Waals surface area contributed by atoms with Crippen LogP contribution in [0.2, 0.25) is 0 Å². The maximum Gasteiger partial charge on any atom is 0.272 e. The third kappa shape index (κ3) is 3.82. The Hall–Kier alpha value is -2.35. The topological polar surface area (TPSA) is 85.9 Å². The van der Waals surface area contributed by atoms with Crippen molar-refractivity contribution < 1.29 is 9.31 Å². The standard InChI is InChI=1S/C12H14FN5O2/c1-17-8-15-12(16-17)2-3-14-7-9-4-10(13)6-11(5-9)18(19)20/h4-6,8,14H,2-3,7H2,1H3. The Bertz CT molecular complexity index is 614. The maximum atomic E-state index is 13.2. The fraction of sp³-hybridized carbons (Fsp3) is 0.333. The van der Waals surface area contributed by atoms with Crippen molar-refractivity contribution in [1.82, 2.24) is 20.1 Å². The summed E-state index contributed by atoms with van der Waals surface area (Å²) in [4.78, 5) is 14.1. The highest BCUT2D eigenvalue weighted by Gasteiger charge is 2.09. The van der Waals surface area contributed by atoms with Crippen molar-refractivity contribution in [3.05, 3.63) is 51.8 Å². The number of aromatic nitrogens is 3. The van der Waals surface area contributed by atoms with Gasteiger partial charge in [0.25, 0.3) is 5.69 Å². The molecule has 1 heterocycles. The molecule has 0 saturated heterocycles. The van der Waals surface area contributed by atoms with Gasteiger partial charge in [0.15, 0.2) is 5.82 Å². The van der Waals surface area contributed by atoms with Crippen molar-refractivity contribution in [2.75, 3.05) is 6.54 Å². The van der Waals surface area contributed by atoms with Crippen LogP contribution < -0.4 is 5.32 Å². The number of nitro groups is 1. The van der Waals surface area contributed by atoms with Gasteiger partial charge in [0.05, 0.1) is 11.0 Å². The van der Waals surface area contributed by atoms with Gasteiger partial charge >= 0.3 is 0 Å². The molecular formula is C12H14FN5O2. The zero-order valence-corrected chi connectivity index (χ0v) is 10.9. The molecule has 1 N–H and O–H groups in total. The molecule has 8 heteroatoms. The molecule has 0 fully saturated rings. The Balaban J connectivity index is 1.86. The highest BCUT2D eigenvalue weighted by Crippen LogP contribution is 2.16. The third-order valence-corrected chi connectivity index (χ3v) is 2.65. The molecule has 2 rings (SSSR count). The molecular weight excluding hydrogens is 265 g/mol. The number of hydrogen-bond donors (Lipinski definition) is 1. The molecule has 0 amide bonds. The second-order valence-electron chi connectivity index (χ2n) is 4.34. The van der Waals surface area contributed by atoms with Crippen LogP contribution >= 0.6 is 0 Å². The van der Waals surface area contributed by atoms with Gasteiger partial charge in [-0.05, 0) is 11.6 Å². The molecule has 20 heavy (non-hydrogen) atoms. The summed E-state index contributed by atoms with van der Waals surface area (Å²) < 4.78 is 14.8. The number of aryl methyl sites for hydroxylation is 1. The van der Waals surface area contributed by atoms with E-state index in [1.807, 2.05) is 0 Å². The van der Waals surface area contributed by atoms with Gasteiger partial charge in [-0.2, -0.15) is 5.10 Å². The van der Waals surface area contributed by atoms with Crippen LogP contribution in [0.5, 0.6) is 0 Å². The molecule has 0 bridgehead atoms. The van der Waals surface area contributed by atoms with E-state index in [4.69, 9.17) is 0 Å². The molecule has 1 aromatic heterocycles. The third-order valence-electron chi connectivity index (χ3n) is 2.65. The molecule has 0 aliphatic heterocycles. The van der Waals surface area contributed by atoms with E-state index in [1.165, 1.54) is 12.1 Å². The van der Waals surface area contributed by atoms with E-state index >= 15 is 0 Å². The number of nitrogens with one attached hydrogen (secondary N) is 1. The first kappa shape index (κ1) is 14.1. The van der Waals surface area contributed by atoms with Crippen LogP contribution in [-0.2, 0) is 20.0 Å². The van der Waals surface area contributed by atoms with Crippen LogP contribution in [0.4, 0.5) is 10.1 Å². The van der Waals surface area contributed by atoms with Crippen LogP contribution in [0.1, 0.15) is 11.4 Å². The largest absolute Gasteiger partial charge is 0.312 e. The Morgan fingerprint density at radius 2 is 2.25 bits per heavy atom. The van der Waals surface area contributed by atoms with Gasteiger partial charge in [0, 0.05) is 32.6 Å². The van der Waals surface area contributed by atoms with E-state index in [-0.39, 0.29) is 5.69 Å². The minimum absolute atomic E-state index is 0.242. The predicted molar refractivity (Wildman–Crippen MR) is 69.5 cm³/mol. The van der Waals surface area contributed by atoms with Gasteiger partial charge in [-0.25, -0.2) is 9.37 Å². The smallest absolute Gasteiger partial charge is 0.272 e. The number of rotatable bonds is 6. The first-order valence-corrected chi connectivity index (χ1v) is 6.03. The van der Waals surface area contributed by atoms with Crippen molar-refractivity contribution in [3.8, 4) is 0 Å². The number of benzene rings is 1. The average molecular weight is 279 g/mol. The first-order valence-electron chi connectivity index (χ1n) is 6.03. The summed E-state index contributed by atoms with van der Waals surface area (Å²) in [5, 5.41) is 17.8.